The van der Waals surface area contributed by atoms with Gasteiger partial charge in [0, 0.05) is 12.1 Å². The van der Waals surface area contributed by atoms with Crippen molar-refractivity contribution in [1.82, 2.24) is 20.1 Å². The Morgan fingerprint density at radius 2 is 1.92 bits per heavy atom. The molecule has 2 N–H and O–H groups in total. The minimum absolute atomic E-state index is 0.0358. The molecule has 144 valence electrons. The molecule has 1 aromatic rings. The largest absolute Gasteiger partial charge is 0.350 e. The molecule has 5 rings (SSSR count). The average molecular weight is 379 g/mol. The van der Waals surface area contributed by atoms with Gasteiger partial charge in [-0.25, -0.2) is 9.89 Å². The maximum atomic E-state index is 12.9. The molecule has 0 unspecified atom stereocenters. The molecule has 4 bridgehead atoms. The fraction of sp³-hybridized carbons (Fsp3) is 0.842. The van der Waals surface area contributed by atoms with Crippen molar-refractivity contribution in [2.24, 2.45) is 17.8 Å². The van der Waals surface area contributed by atoms with Crippen LogP contribution in [0.5, 0.6) is 0 Å². The van der Waals surface area contributed by atoms with Crippen LogP contribution in [0.25, 0.3) is 0 Å². The van der Waals surface area contributed by atoms with Gasteiger partial charge >= 0.3 is 5.69 Å². The highest BCUT2D eigenvalue weighted by atomic mass is 32.2. The molecule has 4 aliphatic rings. The topological polar surface area (TPSA) is 79.8 Å². The predicted octanol–water partition coefficient (Wildman–Crippen LogP) is 2.94. The highest BCUT2D eigenvalue weighted by molar-refractivity contribution is 8.00. The number of hydrogen-bond acceptors (Lipinski definition) is 4. The Morgan fingerprint density at radius 3 is 2.50 bits per heavy atom. The van der Waals surface area contributed by atoms with Crippen LogP contribution in [0.2, 0.25) is 0 Å². The van der Waals surface area contributed by atoms with Gasteiger partial charge in [0.1, 0.15) is 0 Å². The van der Waals surface area contributed by atoms with E-state index in [4.69, 9.17) is 0 Å². The first-order chi connectivity index (χ1) is 12.5. The predicted molar refractivity (Wildman–Crippen MR) is 102 cm³/mol. The second kappa shape index (κ2) is 7.06. The van der Waals surface area contributed by atoms with Crippen LogP contribution in [-0.4, -0.2) is 31.5 Å². The van der Waals surface area contributed by atoms with E-state index in [-0.39, 0.29) is 22.4 Å². The van der Waals surface area contributed by atoms with E-state index in [1.54, 1.807) is 4.57 Å². The maximum Gasteiger partial charge on any atom is 0.343 e. The van der Waals surface area contributed by atoms with Crippen molar-refractivity contribution >= 4 is 17.7 Å². The summed E-state index contributed by atoms with van der Waals surface area (Å²) in [5.74, 6) is 2.54. The molecular formula is C19H30N4O2S. The molecule has 0 aromatic carbocycles. The number of amides is 1. The number of aromatic amines is 1. The molecule has 4 aliphatic carbocycles. The fourth-order valence-corrected chi connectivity index (χ4v) is 6.63. The van der Waals surface area contributed by atoms with Gasteiger partial charge in [-0.2, -0.15) is 0 Å². The number of carbonyl (C=O) groups is 1. The highest BCUT2D eigenvalue weighted by Gasteiger charge is 2.51. The summed E-state index contributed by atoms with van der Waals surface area (Å²) in [5, 5.41) is 10.4. The molecule has 1 aromatic heterocycles. The summed E-state index contributed by atoms with van der Waals surface area (Å²) in [6.07, 6.45) is 9.54. The number of thioether (sulfide) groups is 1. The summed E-state index contributed by atoms with van der Waals surface area (Å²) in [6.45, 7) is 4.67. The van der Waals surface area contributed by atoms with E-state index in [9.17, 15) is 9.59 Å². The second-order valence-corrected chi connectivity index (χ2v) is 10.1. The van der Waals surface area contributed by atoms with Crippen molar-refractivity contribution in [2.75, 3.05) is 0 Å². The maximum absolute atomic E-state index is 12.9. The van der Waals surface area contributed by atoms with Crippen LogP contribution in [0.1, 0.15) is 65.2 Å². The van der Waals surface area contributed by atoms with E-state index in [1.807, 2.05) is 6.92 Å². The average Bonchev–Trinajstić information content (AvgIpc) is 2.91. The molecule has 1 atom stereocenters. The van der Waals surface area contributed by atoms with Gasteiger partial charge in [0.2, 0.25) is 5.91 Å². The molecule has 0 radical (unpaired) electrons. The van der Waals surface area contributed by atoms with Crippen molar-refractivity contribution < 1.29 is 4.79 Å². The highest BCUT2D eigenvalue weighted by Crippen LogP contribution is 2.55. The van der Waals surface area contributed by atoms with Gasteiger partial charge in [0.15, 0.2) is 5.16 Å². The molecule has 26 heavy (non-hydrogen) atoms. The lowest BCUT2D eigenvalue weighted by Gasteiger charge is -2.57. The molecule has 1 heterocycles. The number of carbonyl (C=O) groups excluding carboxylic acids is 1. The normalized spacial score (nSPS) is 33.4. The van der Waals surface area contributed by atoms with Crippen molar-refractivity contribution in [1.29, 1.82) is 0 Å². The SMILES string of the molecule is CCCCn1c(S[C@@H](C)C(=O)NC23CC4CC(CC(C4)C2)C3)n[nH]c1=O. The standard InChI is InChI=1S/C19H30N4O2S/c1-3-4-5-23-17(25)21-22-18(23)26-12(2)16(24)20-19-9-13-6-14(10-19)8-15(7-13)11-19/h12-15H,3-11H2,1-2H3,(H,20,24)(H,21,25)/t12-,13?,14?,15?,19?/m0/s1. The van der Waals surface area contributed by atoms with Gasteiger partial charge < -0.3 is 5.32 Å². The van der Waals surface area contributed by atoms with E-state index in [2.05, 4.69) is 22.4 Å². The summed E-state index contributed by atoms with van der Waals surface area (Å²) in [6, 6.07) is 0. The molecule has 4 fully saturated rings. The van der Waals surface area contributed by atoms with Gasteiger partial charge in [-0.3, -0.25) is 9.36 Å². The quantitative estimate of drug-likeness (QED) is 0.715. The summed E-state index contributed by atoms with van der Waals surface area (Å²) in [4.78, 5) is 24.8. The van der Waals surface area contributed by atoms with E-state index < -0.39 is 0 Å². The Balaban J connectivity index is 1.40. The van der Waals surface area contributed by atoms with Gasteiger partial charge in [0.25, 0.3) is 0 Å². The van der Waals surface area contributed by atoms with Crippen molar-refractivity contribution in [3.05, 3.63) is 10.5 Å². The van der Waals surface area contributed by atoms with Gasteiger partial charge in [0.05, 0.1) is 5.25 Å². The summed E-state index contributed by atoms with van der Waals surface area (Å²) < 4.78 is 1.66. The number of unbranched alkanes of at least 4 members (excludes halogenated alkanes) is 1. The summed E-state index contributed by atoms with van der Waals surface area (Å²) in [7, 11) is 0. The van der Waals surface area contributed by atoms with Crippen LogP contribution in [0.4, 0.5) is 0 Å². The third-order valence-corrected chi connectivity index (χ3v) is 7.63. The Bertz CT molecular complexity index is 690. The van der Waals surface area contributed by atoms with Crippen LogP contribution in [-0.2, 0) is 11.3 Å². The number of rotatable bonds is 7. The monoisotopic (exact) mass is 378 g/mol. The zero-order valence-electron chi connectivity index (χ0n) is 15.8. The zero-order chi connectivity index (χ0) is 18.3. The smallest absolute Gasteiger partial charge is 0.343 e. The molecule has 6 nitrogen and oxygen atoms in total. The Kier molecular flexibility index (Phi) is 4.92. The lowest BCUT2D eigenvalue weighted by atomic mass is 9.53. The van der Waals surface area contributed by atoms with E-state index in [0.29, 0.717) is 11.7 Å². The lowest BCUT2D eigenvalue weighted by Crippen LogP contribution is -2.60. The van der Waals surface area contributed by atoms with Crippen LogP contribution >= 0.6 is 11.8 Å². The first kappa shape index (κ1) is 18.1. The third-order valence-electron chi connectivity index (χ3n) is 6.54. The molecule has 7 heteroatoms. The number of H-pyrrole nitrogens is 1. The van der Waals surface area contributed by atoms with E-state index >= 15 is 0 Å². The molecule has 0 saturated heterocycles. The third kappa shape index (κ3) is 3.47. The van der Waals surface area contributed by atoms with Crippen molar-refractivity contribution in [3.63, 3.8) is 0 Å². The van der Waals surface area contributed by atoms with Gasteiger partial charge in [-0.1, -0.05) is 25.1 Å². The minimum atomic E-state index is -0.251. The number of hydrogen-bond donors (Lipinski definition) is 2. The number of aromatic nitrogens is 3. The summed E-state index contributed by atoms with van der Waals surface area (Å²) in [5.41, 5.74) is -0.150. The van der Waals surface area contributed by atoms with E-state index in [0.717, 1.165) is 49.9 Å². The molecule has 0 aliphatic heterocycles. The minimum Gasteiger partial charge on any atom is -0.350 e. The van der Waals surface area contributed by atoms with E-state index in [1.165, 1.54) is 31.0 Å². The molecular weight excluding hydrogens is 348 g/mol. The molecule has 0 spiro atoms. The Labute approximate surface area is 158 Å². The molecule has 4 saturated carbocycles. The van der Waals surface area contributed by atoms with Crippen LogP contribution in [0.15, 0.2) is 9.95 Å². The van der Waals surface area contributed by atoms with Gasteiger partial charge in [-0.15, -0.1) is 5.10 Å². The number of nitrogens with zero attached hydrogens (tertiary/aromatic N) is 2. The van der Waals surface area contributed by atoms with Crippen LogP contribution in [0.3, 0.4) is 0 Å². The Morgan fingerprint density at radius 1 is 1.31 bits per heavy atom. The van der Waals surface area contributed by atoms with Crippen LogP contribution in [0, 0.1) is 17.8 Å². The summed E-state index contributed by atoms with van der Waals surface area (Å²) >= 11 is 1.39. The fourth-order valence-electron chi connectivity index (χ4n) is 5.74. The lowest BCUT2D eigenvalue weighted by molar-refractivity contribution is -0.126. The van der Waals surface area contributed by atoms with Crippen LogP contribution < -0.4 is 11.0 Å². The second-order valence-electron chi connectivity index (χ2n) is 8.76. The van der Waals surface area contributed by atoms with Crippen molar-refractivity contribution in [2.45, 2.75) is 87.7 Å². The first-order valence-electron chi connectivity index (χ1n) is 10.1. The first-order valence-corrected chi connectivity index (χ1v) is 11.0. The molecule has 1 amide bonds. The zero-order valence-corrected chi connectivity index (χ0v) is 16.6. The Hall–Kier alpha value is -1.24. The number of nitrogens with one attached hydrogen (secondary N) is 2. The van der Waals surface area contributed by atoms with Crippen molar-refractivity contribution in [3.8, 4) is 0 Å². The van der Waals surface area contributed by atoms with Gasteiger partial charge in [-0.05, 0) is 69.6 Å².